The molecule has 0 aliphatic carbocycles. The normalized spacial score (nSPS) is 10.6. The van der Waals surface area contributed by atoms with E-state index < -0.39 is 5.97 Å². The predicted molar refractivity (Wildman–Crippen MR) is 93.9 cm³/mol. The van der Waals surface area contributed by atoms with Gasteiger partial charge >= 0.3 is 5.97 Å². The molecule has 0 spiro atoms. The van der Waals surface area contributed by atoms with Gasteiger partial charge in [-0.25, -0.2) is 4.79 Å². The minimum atomic E-state index is -0.526. The van der Waals surface area contributed by atoms with Crippen molar-refractivity contribution in [2.24, 2.45) is 0 Å². The van der Waals surface area contributed by atoms with Crippen LogP contribution >= 0.6 is 22.6 Å². The molecule has 110 valence electrons. The van der Waals surface area contributed by atoms with E-state index in [1.54, 1.807) is 12.1 Å². The molecule has 3 aromatic rings. The summed E-state index contributed by atoms with van der Waals surface area (Å²) in [5.74, 6) is -0.590. The van der Waals surface area contributed by atoms with Gasteiger partial charge in [-0.05, 0) is 63.2 Å². The summed E-state index contributed by atoms with van der Waals surface area (Å²) in [7, 11) is 0. The third kappa shape index (κ3) is 3.22. The summed E-state index contributed by atoms with van der Waals surface area (Å²) in [4.78, 5) is 12.2. The molecule has 0 unspecified atom stereocenters. The smallest absolute Gasteiger partial charge is 0.342 e. The number of esters is 1. The molecule has 22 heavy (non-hydrogen) atoms. The molecular formula is C18H13IO3. The quantitative estimate of drug-likeness (QED) is 0.516. The van der Waals surface area contributed by atoms with Crippen LogP contribution in [-0.2, 0) is 11.3 Å². The number of aromatic hydroxyl groups is 1. The lowest BCUT2D eigenvalue weighted by Crippen LogP contribution is -2.05. The van der Waals surface area contributed by atoms with Crippen LogP contribution in [0.3, 0.4) is 0 Å². The number of hydrogen-bond donors (Lipinski definition) is 1. The van der Waals surface area contributed by atoms with Crippen molar-refractivity contribution in [3.8, 4) is 5.75 Å². The van der Waals surface area contributed by atoms with E-state index in [4.69, 9.17) is 4.74 Å². The molecule has 0 amide bonds. The Morgan fingerprint density at radius 3 is 2.32 bits per heavy atom. The highest BCUT2D eigenvalue weighted by Gasteiger charge is 2.14. The lowest BCUT2D eigenvalue weighted by atomic mass is 10.1. The average Bonchev–Trinajstić information content (AvgIpc) is 2.53. The molecule has 3 nitrogen and oxygen atoms in total. The van der Waals surface area contributed by atoms with Gasteiger partial charge < -0.3 is 9.84 Å². The molecule has 3 aromatic carbocycles. The van der Waals surface area contributed by atoms with E-state index in [9.17, 15) is 9.90 Å². The highest BCUT2D eigenvalue weighted by molar-refractivity contribution is 14.1. The minimum absolute atomic E-state index is 0.0636. The molecule has 0 saturated carbocycles. The third-order valence-electron chi connectivity index (χ3n) is 3.37. The number of carbonyl (C=O) groups excluding carboxylic acids is 1. The first kappa shape index (κ1) is 14.8. The first-order chi connectivity index (χ1) is 10.6. The molecule has 0 bridgehead atoms. The Morgan fingerprint density at radius 2 is 1.64 bits per heavy atom. The highest BCUT2D eigenvalue weighted by Crippen LogP contribution is 2.25. The maximum atomic E-state index is 12.2. The van der Waals surface area contributed by atoms with Crippen molar-refractivity contribution in [2.45, 2.75) is 6.61 Å². The van der Waals surface area contributed by atoms with Gasteiger partial charge in [0.05, 0.1) is 0 Å². The number of phenols is 1. The molecule has 0 saturated heterocycles. The zero-order chi connectivity index (χ0) is 15.5. The minimum Gasteiger partial charge on any atom is -0.507 e. The van der Waals surface area contributed by atoms with Crippen molar-refractivity contribution in [3.05, 3.63) is 75.4 Å². The van der Waals surface area contributed by atoms with Crippen LogP contribution in [0.15, 0.2) is 60.7 Å². The summed E-state index contributed by atoms with van der Waals surface area (Å²) in [5, 5.41) is 11.8. The van der Waals surface area contributed by atoms with Crippen LogP contribution in [0.4, 0.5) is 0 Å². The number of halogens is 1. The van der Waals surface area contributed by atoms with Crippen molar-refractivity contribution >= 4 is 39.3 Å². The van der Waals surface area contributed by atoms with Crippen LogP contribution in [0.5, 0.6) is 5.75 Å². The van der Waals surface area contributed by atoms with E-state index in [2.05, 4.69) is 22.6 Å². The lowest BCUT2D eigenvalue weighted by Gasteiger charge is -2.08. The zero-order valence-electron chi connectivity index (χ0n) is 11.6. The van der Waals surface area contributed by atoms with Gasteiger partial charge in [0.1, 0.15) is 17.9 Å². The molecule has 4 heteroatoms. The number of rotatable bonds is 3. The Kier molecular flexibility index (Phi) is 4.29. The Morgan fingerprint density at radius 1 is 1.00 bits per heavy atom. The second-order valence-corrected chi connectivity index (χ2v) is 6.16. The van der Waals surface area contributed by atoms with Crippen molar-refractivity contribution in [2.75, 3.05) is 0 Å². The maximum absolute atomic E-state index is 12.2. The van der Waals surface area contributed by atoms with Crippen molar-refractivity contribution in [1.29, 1.82) is 0 Å². The van der Waals surface area contributed by atoms with Crippen LogP contribution in [0.2, 0.25) is 0 Å². The van der Waals surface area contributed by atoms with E-state index >= 15 is 0 Å². The number of hydrogen-bond acceptors (Lipinski definition) is 3. The van der Waals surface area contributed by atoms with Crippen LogP contribution in [0.1, 0.15) is 15.9 Å². The van der Waals surface area contributed by atoms with Crippen LogP contribution in [0, 0.1) is 3.57 Å². The van der Waals surface area contributed by atoms with E-state index in [1.807, 2.05) is 48.5 Å². The van der Waals surface area contributed by atoms with E-state index in [0.717, 1.165) is 19.9 Å². The highest BCUT2D eigenvalue weighted by atomic mass is 127. The van der Waals surface area contributed by atoms with Gasteiger partial charge in [-0.1, -0.05) is 36.4 Å². The van der Waals surface area contributed by atoms with Gasteiger partial charge in [-0.15, -0.1) is 0 Å². The summed E-state index contributed by atoms with van der Waals surface area (Å²) in [5.41, 5.74) is 1.10. The number of carbonyl (C=O) groups is 1. The Hall–Kier alpha value is -2.08. The second kappa shape index (κ2) is 6.36. The summed E-state index contributed by atoms with van der Waals surface area (Å²) in [6, 6.07) is 18.5. The lowest BCUT2D eigenvalue weighted by molar-refractivity contribution is 0.0469. The number of fused-ring (bicyclic) bond motifs is 1. The number of ether oxygens (including phenoxy) is 1. The maximum Gasteiger partial charge on any atom is 0.342 e. The SMILES string of the molecule is O=C(OCc1ccc(I)cc1)c1cc2ccccc2cc1O. The van der Waals surface area contributed by atoms with Crippen molar-refractivity contribution in [3.63, 3.8) is 0 Å². The number of phenolic OH excluding ortho intramolecular Hbond substituents is 1. The molecule has 3 rings (SSSR count). The predicted octanol–water partition coefficient (Wildman–Crippen LogP) is 4.51. The molecular weight excluding hydrogens is 391 g/mol. The summed E-state index contributed by atoms with van der Waals surface area (Å²) in [6.45, 7) is 0.183. The summed E-state index contributed by atoms with van der Waals surface area (Å²) in [6.07, 6.45) is 0. The van der Waals surface area contributed by atoms with Crippen LogP contribution in [0.25, 0.3) is 10.8 Å². The Labute approximate surface area is 141 Å². The molecule has 0 aliphatic rings. The fraction of sp³-hybridized carbons (Fsp3) is 0.0556. The van der Waals surface area contributed by atoms with Gasteiger partial charge in [0.2, 0.25) is 0 Å². The molecule has 0 fully saturated rings. The van der Waals surface area contributed by atoms with E-state index in [1.165, 1.54) is 0 Å². The molecule has 0 radical (unpaired) electrons. The van der Waals surface area contributed by atoms with Gasteiger partial charge in [-0.2, -0.15) is 0 Å². The topological polar surface area (TPSA) is 46.5 Å². The van der Waals surface area contributed by atoms with Gasteiger partial charge in [0.25, 0.3) is 0 Å². The monoisotopic (exact) mass is 404 g/mol. The average molecular weight is 404 g/mol. The molecule has 0 aromatic heterocycles. The number of benzene rings is 3. The largest absolute Gasteiger partial charge is 0.507 e. The Bertz CT molecular complexity index is 825. The van der Waals surface area contributed by atoms with Gasteiger partial charge in [0.15, 0.2) is 0 Å². The fourth-order valence-corrected chi connectivity index (χ4v) is 2.56. The molecule has 0 atom stereocenters. The standard InChI is InChI=1S/C18H13IO3/c19-15-7-5-12(6-8-15)11-22-18(21)16-9-13-3-1-2-4-14(13)10-17(16)20/h1-10,20H,11H2. The van der Waals surface area contributed by atoms with Crippen molar-refractivity contribution in [1.82, 2.24) is 0 Å². The zero-order valence-corrected chi connectivity index (χ0v) is 13.8. The third-order valence-corrected chi connectivity index (χ3v) is 4.09. The molecule has 0 heterocycles. The van der Waals surface area contributed by atoms with Crippen LogP contribution in [-0.4, -0.2) is 11.1 Å². The fourth-order valence-electron chi connectivity index (χ4n) is 2.20. The van der Waals surface area contributed by atoms with Crippen molar-refractivity contribution < 1.29 is 14.6 Å². The molecule has 1 N–H and O–H groups in total. The van der Waals surface area contributed by atoms with Gasteiger partial charge in [-0.3, -0.25) is 0 Å². The summed E-state index contributed by atoms with van der Waals surface area (Å²) >= 11 is 2.22. The van der Waals surface area contributed by atoms with Crippen LogP contribution < -0.4 is 0 Å². The first-order valence-electron chi connectivity index (χ1n) is 6.77. The Balaban J connectivity index is 1.79. The van der Waals surface area contributed by atoms with E-state index in [-0.39, 0.29) is 17.9 Å². The van der Waals surface area contributed by atoms with Gasteiger partial charge in [0, 0.05) is 3.57 Å². The summed E-state index contributed by atoms with van der Waals surface area (Å²) < 4.78 is 6.41. The molecule has 0 aliphatic heterocycles. The van der Waals surface area contributed by atoms with E-state index in [0.29, 0.717) is 0 Å². The first-order valence-corrected chi connectivity index (χ1v) is 7.85. The second-order valence-electron chi connectivity index (χ2n) is 4.92.